The highest BCUT2D eigenvalue weighted by molar-refractivity contribution is 7.91. The standard InChI is InChI=1S/C9H17NO3S.ClH/c11-8-2-1-5-10-9(8)3-6-14(12,13)7-4-9;/h8,10-11H,1-7H2;1H. The van der Waals surface area contributed by atoms with Crippen molar-refractivity contribution >= 4 is 22.2 Å². The predicted molar refractivity (Wildman–Crippen MR) is 61.1 cm³/mol. The highest BCUT2D eigenvalue weighted by atomic mass is 35.5. The highest BCUT2D eigenvalue weighted by Gasteiger charge is 2.43. The number of aliphatic hydroxyl groups excluding tert-OH is 1. The molecule has 1 atom stereocenters. The first-order valence-electron chi connectivity index (χ1n) is 5.18. The topological polar surface area (TPSA) is 66.4 Å². The summed E-state index contributed by atoms with van der Waals surface area (Å²) in [5.74, 6) is 0.439. The molecule has 0 saturated carbocycles. The molecule has 0 amide bonds. The minimum Gasteiger partial charge on any atom is -0.391 e. The SMILES string of the molecule is Cl.O=S1(=O)CCC2(CC1)NCCCC2O. The Morgan fingerprint density at radius 3 is 2.40 bits per heavy atom. The molecule has 2 aliphatic rings. The Labute approximate surface area is 96.8 Å². The summed E-state index contributed by atoms with van der Waals surface area (Å²) >= 11 is 0. The predicted octanol–water partition coefficient (Wildman–Crippen LogP) is 0.0999. The Morgan fingerprint density at radius 1 is 1.27 bits per heavy atom. The van der Waals surface area contributed by atoms with Gasteiger partial charge >= 0.3 is 0 Å². The number of hydrogen-bond acceptors (Lipinski definition) is 4. The van der Waals surface area contributed by atoms with E-state index in [2.05, 4.69) is 5.32 Å². The zero-order valence-corrected chi connectivity index (χ0v) is 10.2. The summed E-state index contributed by atoms with van der Waals surface area (Å²) in [5.41, 5.74) is -0.302. The van der Waals surface area contributed by atoms with Crippen LogP contribution in [0.3, 0.4) is 0 Å². The molecule has 6 heteroatoms. The second-order valence-electron chi connectivity index (χ2n) is 4.39. The second kappa shape index (κ2) is 4.57. The smallest absolute Gasteiger partial charge is 0.150 e. The van der Waals surface area contributed by atoms with Crippen LogP contribution in [0.15, 0.2) is 0 Å². The molecule has 1 unspecified atom stereocenters. The van der Waals surface area contributed by atoms with Gasteiger partial charge in [0, 0.05) is 5.54 Å². The molecule has 2 aliphatic heterocycles. The van der Waals surface area contributed by atoms with E-state index >= 15 is 0 Å². The van der Waals surface area contributed by atoms with E-state index in [9.17, 15) is 13.5 Å². The van der Waals surface area contributed by atoms with E-state index in [0.717, 1.165) is 19.4 Å². The van der Waals surface area contributed by atoms with Crippen molar-refractivity contribution in [2.24, 2.45) is 0 Å². The molecule has 2 fully saturated rings. The number of piperidine rings is 1. The van der Waals surface area contributed by atoms with E-state index in [1.54, 1.807) is 0 Å². The fraction of sp³-hybridized carbons (Fsp3) is 1.00. The van der Waals surface area contributed by atoms with E-state index in [1.165, 1.54) is 0 Å². The summed E-state index contributed by atoms with van der Waals surface area (Å²) in [6, 6.07) is 0. The van der Waals surface area contributed by atoms with E-state index in [1.807, 2.05) is 0 Å². The first kappa shape index (κ1) is 13.2. The zero-order valence-electron chi connectivity index (χ0n) is 8.61. The van der Waals surface area contributed by atoms with Crippen molar-refractivity contribution in [3.8, 4) is 0 Å². The molecule has 0 aromatic rings. The summed E-state index contributed by atoms with van der Waals surface area (Å²) < 4.78 is 22.5. The van der Waals surface area contributed by atoms with Crippen molar-refractivity contribution in [2.45, 2.75) is 37.3 Å². The Morgan fingerprint density at radius 2 is 1.87 bits per heavy atom. The van der Waals surface area contributed by atoms with Gasteiger partial charge in [-0.3, -0.25) is 0 Å². The van der Waals surface area contributed by atoms with Crippen molar-refractivity contribution in [2.75, 3.05) is 18.1 Å². The molecule has 0 radical (unpaired) electrons. The van der Waals surface area contributed by atoms with Crippen molar-refractivity contribution in [3.63, 3.8) is 0 Å². The van der Waals surface area contributed by atoms with Crippen LogP contribution < -0.4 is 5.32 Å². The maximum absolute atomic E-state index is 11.3. The van der Waals surface area contributed by atoms with Crippen LogP contribution in [-0.2, 0) is 9.84 Å². The number of halogens is 1. The van der Waals surface area contributed by atoms with E-state index in [0.29, 0.717) is 12.8 Å². The van der Waals surface area contributed by atoms with Gasteiger partial charge in [-0.05, 0) is 32.2 Å². The second-order valence-corrected chi connectivity index (χ2v) is 6.70. The van der Waals surface area contributed by atoms with Crippen LogP contribution in [0.5, 0.6) is 0 Å². The largest absolute Gasteiger partial charge is 0.391 e. The lowest BCUT2D eigenvalue weighted by molar-refractivity contribution is 0.0238. The summed E-state index contributed by atoms with van der Waals surface area (Å²) in [7, 11) is -2.83. The van der Waals surface area contributed by atoms with Gasteiger partial charge in [0.05, 0.1) is 17.6 Å². The van der Waals surface area contributed by atoms with Gasteiger partial charge in [-0.2, -0.15) is 0 Å². The molecule has 0 aliphatic carbocycles. The van der Waals surface area contributed by atoms with Crippen molar-refractivity contribution < 1.29 is 13.5 Å². The van der Waals surface area contributed by atoms with Gasteiger partial charge in [-0.15, -0.1) is 12.4 Å². The molecule has 2 heterocycles. The number of sulfone groups is 1. The van der Waals surface area contributed by atoms with Crippen LogP contribution in [0, 0.1) is 0 Å². The van der Waals surface area contributed by atoms with Gasteiger partial charge in [-0.1, -0.05) is 0 Å². The van der Waals surface area contributed by atoms with Gasteiger partial charge < -0.3 is 10.4 Å². The summed E-state index contributed by atoms with van der Waals surface area (Å²) in [5, 5.41) is 13.2. The van der Waals surface area contributed by atoms with Gasteiger partial charge in [0.1, 0.15) is 9.84 Å². The van der Waals surface area contributed by atoms with Crippen LogP contribution in [-0.4, -0.2) is 43.2 Å². The Kier molecular flexibility index (Phi) is 4.03. The minimum absolute atomic E-state index is 0. The third kappa shape index (κ3) is 2.64. The van der Waals surface area contributed by atoms with Gasteiger partial charge in [-0.25, -0.2) is 8.42 Å². The monoisotopic (exact) mass is 255 g/mol. The molecule has 2 rings (SSSR count). The molecule has 1 spiro atoms. The number of nitrogens with one attached hydrogen (secondary N) is 1. The molecule has 2 N–H and O–H groups in total. The molecule has 2 saturated heterocycles. The maximum atomic E-state index is 11.3. The Hall–Kier alpha value is 0.160. The lowest BCUT2D eigenvalue weighted by Crippen LogP contribution is -2.61. The van der Waals surface area contributed by atoms with Gasteiger partial charge in [0.25, 0.3) is 0 Å². The van der Waals surface area contributed by atoms with E-state index in [4.69, 9.17) is 0 Å². The van der Waals surface area contributed by atoms with Crippen LogP contribution in [0.2, 0.25) is 0 Å². The number of rotatable bonds is 0. The van der Waals surface area contributed by atoms with Crippen LogP contribution in [0.25, 0.3) is 0 Å². The van der Waals surface area contributed by atoms with Gasteiger partial charge in [0.15, 0.2) is 0 Å². The van der Waals surface area contributed by atoms with Crippen molar-refractivity contribution in [3.05, 3.63) is 0 Å². The molecule has 15 heavy (non-hydrogen) atoms. The Bertz CT molecular complexity index is 303. The zero-order chi connectivity index (χ0) is 10.2. The molecule has 0 aromatic carbocycles. The first-order valence-corrected chi connectivity index (χ1v) is 7.00. The lowest BCUT2D eigenvalue weighted by atomic mass is 9.81. The molecule has 90 valence electrons. The first-order chi connectivity index (χ1) is 6.54. The summed E-state index contributed by atoms with van der Waals surface area (Å²) in [4.78, 5) is 0. The highest BCUT2D eigenvalue weighted by Crippen LogP contribution is 2.31. The average Bonchev–Trinajstić information content (AvgIpc) is 2.15. The summed E-state index contributed by atoms with van der Waals surface area (Å²) in [6.07, 6.45) is 2.54. The van der Waals surface area contributed by atoms with Crippen LogP contribution in [0.1, 0.15) is 25.7 Å². The van der Waals surface area contributed by atoms with E-state index < -0.39 is 9.84 Å². The maximum Gasteiger partial charge on any atom is 0.150 e. The van der Waals surface area contributed by atoms with Crippen LogP contribution in [0.4, 0.5) is 0 Å². The fourth-order valence-corrected chi connectivity index (χ4v) is 3.99. The van der Waals surface area contributed by atoms with Crippen molar-refractivity contribution in [1.29, 1.82) is 0 Å². The molecule has 0 aromatic heterocycles. The fourth-order valence-electron chi connectivity index (χ4n) is 2.44. The molecular weight excluding hydrogens is 238 g/mol. The third-order valence-corrected chi connectivity index (χ3v) is 5.14. The normalized spacial score (nSPS) is 33.3. The number of aliphatic hydroxyl groups is 1. The third-order valence-electron chi connectivity index (χ3n) is 3.49. The average molecular weight is 256 g/mol. The van der Waals surface area contributed by atoms with E-state index in [-0.39, 0.29) is 35.6 Å². The Balaban J connectivity index is 0.00000112. The minimum atomic E-state index is -2.83. The molecule has 4 nitrogen and oxygen atoms in total. The number of hydrogen-bond donors (Lipinski definition) is 2. The summed E-state index contributed by atoms with van der Waals surface area (Å²) in [6.45, 7) is 0.900. The molecular formula is C9H18ClNO3S. The van der Waals surface area contributed by atoms with Crippen molar-refractivity contribution in [1.82, 2.24) is 5.32 Å². The molecule has 0 bridgehead atoms. The van der Waals surface area contributed by atoms with Gasteiger partial charge in [0.2, 0.25) is 0 Å². The lowest BCUT2D eigenvalue weighted by Gasteiger charge is -2.44. The van der Waals surface area contributed by atoms with Crippen LogP contribution >= 0.6 is 12.4 Å². The quantitative estimate of drug-likeness (QED) is 0.644.